The van der Waals surface area contributed by atoms with Crippen molar-refractivity contribution < 1.29 is 6.22 Å². The van der Waals surface area contributed by atoms with Crippen LogP contribution in [0.3, 0.4) is 0 Å². The number of allylic oxidation sites excluding steroid dienone is 1. The average Bonchev–Trinajstić information content (AvgIpc) is 1.93. The number of amides is 1. The molecule has 0 spiro atoms. The summed E-state index contributed by atoms with van der Waals surface area (Å²) in [6, 6.07) is 0. The van der Waals surface area contributed by atoms with Crippen LogP contribution in [-0.2, 0) is 4.79 Å². The Labute approximate surface area is 64.8 Å². The molecule has 1 N–H and O–H groups in total. The first-order chi connectivity index (χ1) is 4.81. The lowest BCUT2D eigenvalue weighted by atomic mass is 10.5. The molecule has 2 nitrogen and oxygen atoms in total. The Morgan fingerprint density at radius 3 is 2.40 bits per heavy atom. The monoisotopic (exact) mass is 145 g/mol. The third-order valence-corrected chi connectivity index (χ3v) is 0.669. The fraction of sp³-hybridized carbons (Fsp3) is 0.625. The van der Waals surface area contributed by atoms with E-state index in [0.29, 0.717) is 6.54 Å². The predicted octanol–water partition coefficient (Wildman–Crippen LogP) is 1.97. The van der Waals surface area contributed by atoms with Crippen LogP contribution in [0.5, 0.6) is 0 Å². The first-order valence-electron chi connectivity index (χ1n) is 3.71. The fourth-order valence-electron chi connectivity index (χ4n) is 0.385. The Bertz CT molecular complexity index is 102. The first kappa shape index (κ1) is 11.9. The molecule has 0 unspecified atom stereocenters. The van der Waals surface area contributed by atoms with Gasteiger partial charge in [-0.15, -0.1) is 0 Å². The number of rotatable bonds is 2. The minimum absolute atomic E-state index is 0. The zero-order valence-corrected chi connectivity index (χ0v) is 7.27. The molecule has 0 rings (SSSR count). The van der Waals surface area contributed by atoms with Crippen LogP contribution in [0.4, 0.5) is 0 Å². The second-order valence-electron chi connectivity index (χ2n) is 1.39. The van der Waals surface area contributed by atoms with Crippen LogP contribution in [0.2, 0.25) is 0 Å². The van der Waals surface area contributed by atoms with Gasteiger partial charge in [0.25, 0.3) is 0 Å². The van der Waals surface area contributed by atoms with E-state index >= 15 is 0 Å². The molecule has 0 saturated heterocycles. The second-order valence-corrected chi connectivity index (χ2v) is 1.39. The Hall–Kier alpha value is -0.790. The minimum atomic E-state index is -0.0185. The molecule has 0 aliphatic carbocycles. The number of nitrogens with one attached hydrogen (secondary N) is 1. The van der Waals surface area contributed by atoms with Crippen LogP contribution in [0.25, 0.3) is 0 Å². The standard InChI is InChI=1S/C6H11NO.C2H6.H2/c1-3-5-6(8)7-4-2;1-2;/h3,5H,4H2,1-2H3,(H,7,8);1-2H3;1H/b5-3+;;. The van der Waals surface area contributed by atoms with Crippen molar-refractivity contribution in [2.24, 2.45) is 0 Å². The Morgan fingerprint density at radius 1 is 1.60 bits per heavy atom. The van der Waals surface area contributed by atoms with E-state index in [1.165, 1.54) is 6.08 Å². The van der Waals surface area contributed by atoms with Crippen LogP contribution in [0.15, 0.2) is 12.2 Å². The molecule has 0 aliphatic rings. The van der Waals surface area contributed by atoms with E-state index in [2.05, 4.69) is 5.32 Å². The maximum atomic E-state index is 10.4. The Balaban J connectivity index is -0.000000196. The molecule has 0 aromatic carbocycles. The highest BCUT2D eigenvalue weighted by Gasteiger charge is 1.85. The predicted molar refractivity (Wildman–Crippen MR) is 47.0 cm³/mol. The van der Waals surface area contributed by atoms with Gasteiger partial charge < -0.3 is 5.32 Å². The van der Waals surface area contributed by atoms with Gasteiger partial charge in [-0.25, -0.2) is 0 Å². The lowest BCUT2D eigenvalue weighted by Crippen LogP contribution is -2.19. The summed E-state index contributed by atoms with van der Waals surface area (Å²) >= 11 is 0. The van der Waals surface area contributed by atoms with Crippen molar-refractivity contribution in [1.82, 2.24) is 5.32 Å². The zero-order chi connectivity index (χ0) is 8.41. The summed E-state index contributed by atoms with van der Waals surface area (Å²) in [5.41, 5.74) is 0. The molecule has 0 aromatic rings. The molecule has 0 atom stereocenters. The molecule has 0 fully saturated rings. The fourth-order valence-corrected chi connectivity index (χ4v) is 0.385. The third-order valence-electron chi connectivity index (χ3n) is 0.669. The van der Waals surface area contributed by atoms with E-state index in [1.807, 2.05) is 27.7 Å². The maximum absolute atomic E-state index is 10.4. The van der Waals surface area contributed by atoms with Crippen molar-refractivity contribution in [3.63, 3.8) is 0 Å². The summed E-state index contributed by atoms with van der Waals surface area (Å²) in [5.74, 6) is -0.0185. The number of hydrogen-bond donors (Lipinski definition) is 1. The summed E-state index contributed by atoms with van der Waals surface area (Å²) < 4.78 is 0. The smallest absolute Gasteiger partial charge is 0.243 e. The van der Waals surface area contributed by atoms with Crippen molar-refractivity contribution in [2.75, 3.05) is 6.54 Å². The highest BCUT2D eigenvalue weighted by atomic mass is 16.1. The van der Waals surface area contributed by atoms with Gasteiger partial charge >= 0.3 is 0 Å². The van der Waals surface area contributed by atoms with Gasteiger partial charge in [0.2, 0.25) is 5.91 Å². The topological polar surface area (TPSA) is 29.1 Å². The molecule has 0 heterocycles. The van der Waals surface area contributed by atoms with Gasteiger partial charge in [-0.1, -0.05) is 19.9 Å². The normalized spacial score (nSPS) is 8.40. The summed E-state index contributed by atoms with van der Waals surface area (Å²) in [6.07, 6.45) is 3.22. The molecule has 1 amide bonds. The molecule has 62 valence electrons. The lowest BCUT2D eigenvalue weighted by molar-refractivity contribution is -0.116. The highest BCUT2D eigenvalue weighted by Crippen LogP contribution is 1.68. The van der Waals surface area contributed by atoms with Gasteiger partial charge in [0, 0.05) is 7.97 Å². The van der Waals surface area contributed by atoms with E-state index in [4.69, 9.17) is 0 Å². The van der Waals surface area contributed by atoms with E-state index < -0.39 is 0 Å². The van der Waals surface area contributed by atoms with Crippen molar-refractivity contribution in [2.45, 2.75) is 27.7 Å². The molecule has 0 aliphatic heterocycles. The van der Waals surface area contributed by atoms with Gasteiger partial charge in [0.05, 0.1) is 0 Å². The maximum Gasteiger partial charge on any atom is 0.243 e. The van der Waals surface area contributed by atoms with Crippen LogP contribution in [0, 0.1) is 0 Å². The quantitative estimate of drug-likeness (QED) is 0.591. The third kappa shape index (κ3) is 10.2. The van der Waals surface area contributed by atoms with Crippen molar-refractivity contribution in [3.05, 3.63) is 12.2 Å². The van der Waals surface area contributed by atoms with E-state index in [1.54, 1.807) is 6.08 Å². The van der Waals surface area contributed by atoms with Crippen LogP contribution in [-0.4, -0.2) is 12.5 Å². The molecular weight excluding hydrogens is 126 g/mol. The molecule has 0 aromatic heterocycles. The van der Waals surface area contributed by atoms with Crippen molar-refractivity contribution >= 4 is 5.91 Å². The zero-order valence-electron chi connectivity index (χ0n) is 7.27. The van der Waals surface area contributed by atoms with Crippen LogP contribution < -0.4 is 5.32 Å². The van der Waals surface area contributed by atoms with Crippen molar-refractivity contribution in [1.29, 1.82) is 0 Å². The number of likely N-dealkylation sites (N-methyl/N-ethyl adjacent to an activating group) is 1. The molecule has 2 heteroatoms. The lowest BCUT2D eigenvalue weighted by Gasteiger charge is -1.91. The van der Waals surface area contributed by atoms with Gasteiger partial charge in [-0.2, -0.15) is 0 Å². The summed E-state index contributed by atoms with van der Waals surface area (Å²) in [4.78, 5) is 10.4. The van der Waals surface area contributed by atoms with Crippen molar-refractivity contribution in [3.8, 4) is 0 Å². The molecule has 10 heavy (non-hydrogen) atoms. The molecule has 0 saturated carbocycles. The number of carbonyl (C=O) groups is 1. The van der Waals surface area contributed by atoms with Crippen LogP contribution >= 0.6 is 0 Å². The largest absolute Gasteiger partial charge is 0.353 e. The van der Waals surface area contributed by atoms with Gasteiger partial charge in [-0.05, 0) is 19.9 Å². The minimum Gasteiger partial charge on any atom is -0.353 e. The SMILES string of the molecule is C/C=C/C(=O)NCC.CC.[HH]. The van der Waals surface area contributed by atoms with Gasteiger partial charge in [-0.3, -0.25) is 4.79 Å². The van der Waals surface area contributed by atoms with Gasteiger partial charge in [0.1, 0.15) is 0 Å². The molecule has 0 bridgehead atoms. The van der Waals surface area contributed by atoms with E-state index in [9.17, 15) is 4.79 Å². The average molecular weight is 145 g/mol. The molecule has 0 radical (unpaired) electrons. The summed E-state index contributed by atoms with van der Waals surface area (Å²) in [6.45, 7) is 8.40. The Kier molecular flexibility index (Phi) is 13.2. The summed E-state index contributed by atoms with van der Waals surface area (Å²) in [5, 5.41) is 2.62. The Morgan fingerprint density at radius 2 is 2.10 bits per heavy atom. The van der Waals surface area contributed by atoms with E-state index in [0.717, 1.165) is 0 Å². The van der Waals surface area contributed by atoms with Gasteiger partial charge in [0.15, 0.2) is 0 Å². The van der Waals surface area contributed by atoms with Crippen LogP contribution in [0.1, 0.15) is 29.1 Å². The number of carbonyl (C=O) groups excluding carboxylic acids is 1. The summed E-state index contributed by atoms with van der Waals surface area (Å²) in [7, 11) is 0. The van der Waals surface area contributed by atoms with E-state index in [-0.39, 0.29) is 7.33 Å². The number of hydrogen-bond acceptors (Lipinski definition) is 1. The highest BCUT2D eigenvalue weighted by molar-refractivity contribution is 5.87. The molecular formula is C8H19NO. The second kappa shape index (κ2) is 11.1. The first-order valence-corrected chi connectivity index (χ1v) is 3.71.